The van der Waals surface area contributed by atoms with Crippen LogP contribution in [0.1, 0.15) is 0 Å². The van der Waals surface area contributed by atoms with Gasteiger partial charge in [0.25, 0.3) is 5.56 Å². The Morgan fingerprint density at radius 3 is 2.52 bits per heavy atom. The number of carbonyl (C=O) groups excluding carboxylic acids is 1. The smallest absolute Gasteiger partial charge is 0.472 e. The van der Waals surface area contributed by atoms with E-state index >= 15 is 0 Å². The number of imidazole rings is 1. The van der Waals surface area contributed by atoms with Crippen molar-refractivity contribution in [3.05, 3.63) is 27.2 Å². The van der Waals surface area contributed by atoms with Crippen LogP contribution in [0.25, 0.3) is 11.2 Å². The molecule has 2 rings (SSSR count). The maximum absolute atomic E-state index is 12.1. The number of hydrogen-bond donors (Lipinski definition) is 2. The van der Waals surface area contributed by atoms with Crippen molar-refractivity contribution in [2.45, 2.75) is 13.1 Å². The molecule has 0 bridgehead atoms. The van der Waals surface area contributed by atoms with Crippen molar-refractivity contribution in [1.82, 2.24) is 18.7 Å². The van der Waals surface area contributed by atoms with Crippen molar-refractivity contribution < 1.29 is 18.8 Å². The Hall–Kier alpha value is -2.24. The fourth-order valence-electron chi connectivity index (χ4n) is 1.90. The van der Waals surface area contributed by atoms with Gasteiger partial charge in [-0.05, 0) is 0 Å². The van der Waals surface area contributed by atoms with Crippen LogP contribution in [0.5, 0.6) is 0 Å². The van der Waals surface area contributed by atoms with Gasteiger partial charge in [-0.3, -0.25) is 18.7 Å². The van der Waals surface area contributed by atoms with Crippen LogP contribution in [0, 0.1) is 0 Å². The minimum absolute atomic E-state index is 0.0517. The fourth-order valence-corrected chi connectivity index (χ4v) is 2.40. The predicted molar refractivity (Wildman–Crippen MR) is 72.4 cm³/mol. The Balaban J connectivity index is 2.51. The summed E-state index contributed by atoms with van der Waals surface area (Å²) in [7, 11) is -1.23. The van der Waals surface area contributed by atoms with Gasteiger partial charge in [0.05, 0.1) is 6.33 Å². The molecule has 0 aliphatic heterocycles. The van der Waals surface area contributed by atoms with Crippen LogP contribution >= 0.6 is 0 Å². The SMILES string of the molecule is Cn1c(=O)c2c(ncn2CC(=O)O[Si](C)(O)O)n(C)c1=O. The van der Waals surface area contributed by atoms with Crippen molar-refractivity contribution in [2.75, 3.05) is 0 Å². The normalized spacial score (nSPS) is 11.9. The van der Waals surface area contributed by atoms with Crippen molar-refractivity contribution in [1.29, 1.82) is 0 Å². The van der Waals surface area contributed by atoms with Crippen LogP contribution in [0.2, 0.25) is 6.55 Å². The van der Waals surface area contributed by atoms with Gasteiger partial charge in [-0.2, -0.15) is 0 Å². The van der Waals surface area contributed by atoms with Crippen LogP contribution in [0.4, 0.5) is 0 Å². The van der Waals surface area contributed by atoms with E-state index in [-0.39, 0.29) is 11.2 Å². The van der Waals surface area contributed by atoms with Crippen molar-refractivity contribution in [3.8, 4) is 0 Å². The largest absolute Gasteiger partial charge is 0.559 e. The summed E-state index contributed by atoms with van der Waals surface area (Å²) in [5.41, 5.74) is -0.961. The average Bonchev–Trinajstić information content (AvgIpc) is 2.75. The number of aryl methyl sites for hydroxylation is 1. The summed E-state index contributed by atoms with van der Waals surface area (Å²) in [4.78, 5) is 57.6. The first kappa shape index (κ1) is 15.2. The average molecular weight is 314 g/mol. The number of hydrogen-bond acceptors (Lipinski definition) is 7. The number of rotatable bonds is 3. The highest BCUT2D eigenvalue weighted by Gasteiger charge is 2.29. The molecule has 10 nitrogen and oxygen atoms in total. The van der Waals surface area contributed by atoms with Crippen LogP contribution in [0.15, 0.2) is 15.9 Å². The lowest BCUT2D eigenvalue weighted by atomic mass is 10.5. The first-order valence-electron chi connectivity index (χ1n) is 5.89. The summed E-state index contributed by atoms with van der Waals surface area (Å²) in [5, 5.41) is 0. The highest BCUT2D eigenvalue weighted by molar-refractivity contribution is 6.57. The van der Waals surface area contributed by atoms with Gasteiger partial charge in [0.1, 0.15) is 6.54 Å². The van der Waals surface area contributed by atoms with Gasteiger partial charge in [0.2, 0.25) is 0 Å². The van der Waals surface area contributed by atoms with Crippen molar-refractivity contribution >= 4 is 25.9 Å². The molecular weight excluding hydrogens is 300 g/mol. The van der Waals surface area contributed by atoms with Gasteiger partial charge in [-0.1, -0.05) is 0 Å². The van der Waals surface area contributed by atoms with Crippen LogP contribution < -0.4 is 11.2 Å². The van der Waals surface area contributed by atoms with Gasteiger partial charge in [0, 0.05) is 20.6 Å². The lowest BCUT2D eigenvalue weighted by Gasteiger charge is -2.13. The number of aromatic nitrogens is 4. The molecule has 0 amide bonds. The van der Waals surface area contributed by atoms with E-state index in [4.69, 9.17) is 9.59 Å². The molecule has 0 saturated carbocycles. The highest BCUT2D eigenvalue weighted by atomic mass is 28.4. The van der Waals surface area contributed by atoms with E-state index in [1.165, 1.54) is 29.6 Å². The Morgan fingerprint density at radius 1 is 1.33 bits per heavy atom. The second-order valence-electron chi connectivity index (χ2n) is 4.66. The third-order valence-electron chi connectivity index (χ3n) is 2.82. The third-order valence-corrected chi connectivity index (χ3v) is 3.44. The molecule has 21 heavy (non-hydrogen) atoms. The van der Waals surface area contributed by atoms with E-state index in [0.717, 1.165) is 11.1 Å². The second kappa shape index (κ2) is 4.94. The predicted octanol–water partition coefficient (Wildman–Crippen LogP) is -2.47. The molecule has 0 fully saturated rings. The number of carbonyl (C=O) groups is 1. The molecule has 114 valence electrons. The van der Waals surface area contributed by atoms with Crippen molar-refractivity contribution in [3.63, 3.8) is 0 Å². The zero-order valence-corrected chi connectivity index (χ0v) is 12.6. The summed E-state index contributed by atoms with van der Waals surface area (Å²) < 4.78 is 7.73. The third kappa shape index (κ3) is 2.79. The van der Waals surface area contributed by atoms with E-state index < -0.39 is 32.6 Å². The molecule has 0 aliphatic carbocycles. The topological polar surface area (TPSA) is 129 Å². The maximum atomic E-state index is 12.1. The van der Waals surface area contributed by atoms with Gasteiger partial charge >= 0.3 is 20.5 Å². The number of nitrogens with zero attached hydrogens (tertiary/aromatic N) is 4. The second-order valence-corrected chi connectivity index (χ2v) is 6.73. The quantitative estimate of drug-likeness (QED) is 0.601. The first-order chi connectivity index (χ1) is 9.61. The maximum Gasteiger partial charge on any atom is 0.559 e. The standard InChI is InChI=1S/C10H14N4O6Si/c1-12-8-7(9(16)13(2)10(12)17)14(5-11-8)4-6(15)20-21(3,18)19/h5,18-19H,4H2,1-3H3. The molecule has 0 unspecified atom stereocenters. The molecule has 2 aromatic rings. The molecule has 0 saturated heterocycles. The first-order valence-corrected chi connectivity index (χ1v) is 8.19. The van der Waals surface area contributed by atoms with Gasteiger partial charge in [-0.15, -0.1) is 0 Å². The van der Waals surface area contributed by atoms with E-state index in [1.807, 2.05) is 0 Å². The summed E-state index contributed by atoms with van der Waals surface area (Å²) in [6, 6.07) is 0. The Labute approximate surface area is 118 Å². The molecule has 11 heteroatoms. The molecule has 2 N–H and O–H groups in total. The molecule has 0 aliphatic rings. The summed E-state index contributed by atoms with van der Waals surface area (Å²) in [6.45, 7) is 0.591. The van der Waals surface area contributed by atoms with Crippen LogP contribution in [-0.4, -0.2) is 43.1 Å². The van der Waals surface area contributed by atoms with Crippen LogP contribution in [-0.2, 0) is 29.9 Å². The minimum Gasteiger partial charge on any atom is -0.472 e. The highest BCUT2D eigenvalue weighted by Crippen LogP contribution is 2.06. The van der Waals surface area contributed by atoms with Gasteiger partial charge < -0.3 is 18.6 Å². The van der Waals surface area contributed by atoms with E-state index in [0.29, 0.717) is 0 Å². The lowest BCUT2D eigenvalue weighted by Crippen LogP contribution is -2.39. The summed E-state index contributed by atoms with van der Waals surface area (Å²) in [5.74, 6) is -0.913. The molecular formula is C10H14N4O6Si. The minimum atomic E-state index is -3.99. The van der Waals surface area contributed by atoms with E-state index in [1.54, 1.807) is 0 Å². The zero-order valence-electron chi connectivity index (χ0n) is 11.6. The molecule has 2 heterocycles. The number of fused-ring (bicyclic) bond motifs is 1. The Bertz CT molecular complexity index is 827. The zero-order chi connectivity index (χ0) is 15.9. The van der Waals surface area contributed by atoms with Gasteiger partial charge in [0.15, 0.2) is 11.2 Å². The summed E-state index contributed by atoms with van der Waals surface area (Å²) in [6.07, 6.45) is 1.21. The van der Waals surface area contributed by atoms with E-state index in [2.05, 4.69) is 9.41 Å². The van der Waals surface area contributed by atoms with Crippen LogP contribution in [0.3, 0.4) is 0 Å². The van der Waals surface area contributed by atoms with E-state index in [9.17, 15) is 14.4 Å². The molecule has 0 radical (unpaired) electrons. The molecule has 0 atom stereocenters. The lowest BCUT2D eigenvalue weighted by molar-refractivity contribution is -0.138. The monoisotopic (exact) mass is 314 g/mol. The Kier molecular flexibility index (Phi) is 3.57. The van der Waals surface area contributed by atoms with Gasteiger partial charge in [-0.25, -0.2) is 9.78 Å². The van der Waals surface area contributed by atoms with Crippen molar-refractivity contribution in [2.24, 2.45) is 14.1 Å². The Morgan fingerprint density at radius 2 is 1.95 bits per heavy atom. The molecule has 2 aromatic heterocycles. The fraction of sp³-hybridized carbons (Fsp3) is 0.400. The molecule has 0 aromatic carbocycles. The summed E-state index contributed by atoms with van der Waals surface area (Å²) >= 11 is 0. The molecule has 0 spiro atoms.